The number of benzene rings is 1. The van der Waals surface area contributed by atoms with Crippen LogP contribution in [0.3, 0.4) is 0 Å². The highest BCUT2D eigenvalue weighted by Gasteiger charge is 2.18. The first-order valence-electron chi connectivity index (χ1n) is 8.28. The zero-order valence-electron chi connectivity index (χ0n) is 14.8. The number of anilines is 1. The van der Waals surface area contributed by atoms with Crippen molar-refractivity contribution in [1.82, 2.24) is 19.7 Å². The fourth-order valence-corrected chi connectivity index (χ4v) is 4.09. The maximum Gasteiger partial charge on any atom is 0.276 e. The van der Waals surface area contributed by atoms with Crippen molar-refractivity contribution in [3.05, 3.63) is 72.0 Å². The highest BCUT2D eigenvalue weighted by Crippen LogP contribution is 2.24. The molecule has 1 unspecified atom stereocenters. The van der Waals surface area contributed by atoms with E-state index in [0.717, 1.165) is 5.69 Å². The van der Waals surface area contributed by atoms with Crippen LogP contribution in [0.4, 0.5) is 5.13 Å². The number of pyridine rings is 1. The van der Waals surface area contributed by atoms with E-state index >= 15 is 0 Å². The van der Waals surface area contributed by atoms with Crippen molar-refractivity contribution in [2.45, 2.75) is 4.90 Å². The van der Waals surface area contributed by atoms with Crippen LogP contribution < -0.4 is 5.32 Å². The Labute approximate surface area is 167 Å². The van der Waals surface area contributed by atoms with Gasteiger partial charge in [-0.2, -0.15) is 5.10 Å². The minimum Gasteiger partial charge on any atom is -0.296 e. The van der Waals surface area contributed by atoms with Crippen molar-refractivity contribution in [2.24, 2.45) is 0 Å². The minimum atomic E-state index is -1.21. The average molecular weight is 409 g/mol. The van der Waals surface area contributed by atoms with Gasteiger partial charge in [-0.05, 0) is 30.3 Å². The summed E-state index contributed by atoms with van der Waals surface area (Å²) in [6.45, 7) is 0. The number of nitrogens with zero attached hydrogens (tertiary/aromatic N) is 4. The van der Waals surface area contributed by atoms with Gasteiger partial charge in [-0.25, -0.2) is 9.67 Å². The molecule has 1 N–H and O–H groups in total. The van der Waals surface area contributed by atoms with Crippen LogP contribution in [0.5, 0.6) is 0 Å². The summed E-state index contributed by atoms with van der Waals surface area (Å²) in [6.07, 6.45) is 4.82. The molecule has 28 heavy (non-hydrogen) atoms. The summed E-state index contributed by atoms with van der Waals surface area (Å²) in [5.41, 5.74) is 2.36. The largest absolute Gasteiger partial charge is 0.296 e. The van der Waals surface area contributed by atoms with Crippen LogP contribution in [-0.4, -0.2) is 36.1 Å². The average Bonchev–Trinajstić information content (AvgIpc) is 3.38. The predicted molar refractivity (Wildman–Crippen MR) is 109 cm³/mol. The lowest BCUT2D eigenvalue weighted by atomic mass is 10.3. The molecule has 4 aromatic rings. The van der Waals surface area contributed by atoms with Gasteiger partial charge >= 0.3 is 0 Å². The van der Waals surface area contributed by atoms with Crippen molar-refractivity contribution in [3.63, 3.8) is 0 Å². The lowest BCUT2D eigenvalue weighted by molar-refractivity contribution is 0.101. The summed E-state index contributed by atoms with van der Waals surface area (Å²) in [5.74, 6) is -0.351. The summed E-state index contributed by atoms with van der Waals surface area (Å²) >= 11 is 1.32. The molecule has 0 aliphatic rings. The van der Waals surface area contributed by atoms with Gasteiger partial charge in [0.25, 0.3) is 5.91 Å². The molecule has 0 fully saturated rings. The Hall–Kier alpha value is -3.17. The van der Waals surface area contributed by atoms with E-state index in [1.807, 2.05) is 29.6 Å². The number of thiazole rings is 1. The van der Waals surface area contributed by atoms with E-state index in [0.29, 0.717) is 27.1 Å². The van der Waals surface area contributed by atoms with E-state index in [4.69, 9.17) is 0 Å². The summed E-state index contributed by atoms with van der Waals surface area (Å²) in [6, 6.07) is 14.3. The Morgan fingerprint density at radius 2 is 1.89 bits per heavy atom. The van der Waals surface area contributed by atoms with Crippen LogP contribution >= 0.6 is 11.3 Å². The molecular formula is C19H15N5O2S2. The first-order chi connectivity index (χ1) is 13.6. The second-order valence-corrected chi connectivity index (χ2v) is 7.96. The van der Waals surface area contributed by atoms with Gasteiger partial charge in [-0.15, -0.1) is 11.3 Å². The molecule has 0 bridgehead atoms. The maximum atomic E-state index is 12.8. The predicted octanol–water partition coefficient (Wildman–Crippen LogP) is 3.38. The smallest absolute Gasteiger partial charge is 0.276 e. The standard InChI is InChI=1S/C19H15N5O2S2/c1-28(26)17-8-3-2-7-15(17)24-16(9-11-21-24)18(25)23-19-22-14(12-27-19)13-6-4-5-10-20-13/h2-12H,1H3,(H,22,23,25). The maximum absolute atomic E-state index is 12.8. The molecule has 9 heteroatoms. The van der Waals surface area contributed by atoms with E-state index in [-0.39, 0.29) is 5.91 Å². The quantitative estimate of drug-likeness (QED) is 0.546. The summed E-state index contributed by atoms with van der Waals surface area (Å²) in [5, 5.41) is 9.34. The molecule has 0 saturated carbocycles. The molecule has 7 nitrogen and oxygen atoms in total. The Morgan fingerprint density at radius 1 is 1.07 bits per heavy atom. The van der Waals surface area contributed by atoms with Crippen LogP contribution in [0.2, 0.25) is 0 Å². The number of aromatic nitrogens is 4. The van der Waals surface area contributed by atoms with Crippen molar-refractivity contribution in [3.8, 4) is 17.1 Å². The first-order valence-corrected chi connectivity index (χ1v) is 10.7. The van der Waals surface area contributed by atoms with Crippen LogP contribution in [-0.2, 0) is 10.8 Å². The molecule has 1 atom stereocenters. The van der Waals surface area contributed by atoms with Crippen LogP contribution in [0.25, 0.3) is 17.1 Å². The number of rotatable bonds is 5. The van der Waals surface area contributed by atoms with E-state index in [1.165, 1.54) is 22.2 Å². The van der Waals surface area contributed by atoms with E-state index in [1.54, 1.807) is 36.7 Å². The second-order valence-electron chi connectivity index (χ2n) is 5.76. The molecule has 0 spiro atoms. The number of hydrogen-bond donors (Lipinski definition) is 1. The zero-order valence-corrected chi connectivity index (χ0v) is 16.4. The molecule has 3 aromatic heterocycles. The second kappa shape index (κ2) is 7.83. The van der Waals surface area contributed by atoms with Gasteiger partial charge in [0.05, 0.1) is 33.3 Å². The van der Waals surface area contributed by atoms with E-state index < -0.39 is 10.8 Å². The molecule has 1 amide bonds. The molecular weight excluding hydrogens is 394 g/mol. The molecule has 3 heterocycles. The molecule has 1 aromatic carbocycles. The topological polar surface area (TPSA) is 89.8 Å². The third-order valence-corrected chi connectivity index (χ3v) is 5.65. The number of nitrogens with one attached hydrogen (secondary N) is 1. The van der Waals surface area contributed by atoms with Gasteiger partial charge < -0.3 is 0 Å². The van der Waals surface area contributed by atoms with Gasteiger partial charge in [0.1, 0.15) is 11.4 Å². The number of carbonyl (C=O) groups is 1. The SMILES string of the molecule is CS(=O)c1ccccc1-n1nccc1C(=O)Nc1nc(-c2ccccn2)cs1. The summed E-state index contributed by atoms with van der Waals surface area (Å²) in [4.78, 5) is 22.1. The lowest BCUT2D eigenvalue weighted by Gasteiger charge is -2.10. The normalized spacial score (nSPS) is 11.9. The fraction of sp³-hybridized carbons (Fsp3) is 0.0526. The van der Waals surface area contributed by atoms with Crippen molar-refractivity contribution >= 4 is 33.2 Å². The van der Waals surface area contributed by atoms with Crippen LogP contribution in [0, 0.1) is 0 Å². The summed E-state index contributed by atoms with van der Waals surface area (Å²) < 4.78 is 13.5. The number of carbonyl (C=O) groups excluding carboxylic acids is 1. The van der Waals surface area contributed by atoms with Crippen LogP contribution in [0.1, 0.15) is 10.5 Å². The van der Waals surface area contributed by atoms with Crippen molar-refractivity contribution in [2.75, 3.05) is 11.6 Å². The minimum absolute atomic E-state index is 0.326. The zero-order chi connectivity index (χ0) is 19.5. The first kappa shape index (κ1) is 18.2. The lowest BCUT2D eigenvalue weighted by Crippen LogP contribution is -2.17. The fourth-order valence-electron chi connectivity index (χ4n) is 2.67. The number of amides is 1. The highest BCUT2D eigenvalue weighted by atomic mass is 32.2. The number of hydrogen-bond acceptors (Lipinski definition) is 6. The van der Waals surface area contributed by atoms with Crippen molar-refractivity contribution < 1.29 is 9.00 Å². The summed E-state index contributed by atoms with van der Waals surface area (Å²) in [7, 11) is -1.21. The highest BCUT2D eigenvalue weighted by molar-refractivity contribution is 7.84. The molecule has 0 radical (unpaired) electrons. The molecule has 0 saturated heterocycles. The Kier molecular flexibility index (Phi) is 5.09. The molecule has 0 aliphatic carbocycles. The van der Waals surface area contributed by atoms with Gasteiger partial charge in [-0.1, -0.05) is 18.2 Å². The van der Waals surface area contributed by atoms with Gasteiger partial charge in [0.15, 0.2) is 5.13 Å². The molecule has 4 rings (SSSR count). The van der Waals surface area contributed by atoms with E-state index in [9.17, 15) is 9.00 Å². The van der Waals surface area contributed by atoms with Gasteiger partial charge in [0, 0.05) is 17.8 Å². The number of para-hydroxylation sites is 1. The Morgan fingerprint density at radius 3 is 2.68 bits per heavy atom. The van der Waals surface area contributed by atoms with Gasteiger partial charge in [-0.3, -0.25) is 19.3 Å². The Bertz CT molecular complexity index is 1150. The van der Waals surface area contributed by atoms with E-state index in [2.05, 4.69) is 20.4 Å². The van der Waals surface area contributed by atoms with Crippen LogP contribution in [0.15, 0.2) is 71.2 Å². The molecule has 140 valence electrons. The Balaban J connectivity index is 1.61. The monoisotopic (exact) mass is 409 g/mol. The third-order valence-electron chi connectivity index (χ3n) is 3.93. The van der Waals surface area contributed by atoms with Gasteiger partial charge in [0.2, 0.25) is 0 Å². The molecule has 0 aliphatic heterocycles. The van der Waals surface area contributed by atoms with Crippen molar-refractivity contribution in [1.29, 1.82) is 0 Å². The third kappa shape index (κ3) is 3.62.